The van der Waals surface area contributed by atoms with Crippen LogP contribution in [0.25, 0.3) is 0 Å². The Balaban J connectivity index is 1.35. The second-order valence-corrected chi connectivity index (χ2v) is 6.87. The van der Waals surface area contributed by atoms with Gasteiger partial charge in [0, 0.05) is 44.4 Å². The molecular formula is C18H25ClN2O3. The third-order valence-corrected chi connectivity index (χ3v) is 4.81. The molecule has 1 aromatic carbocycles. The van der Waals surface area contributed by atoms with Gasteiger partial charge in [-0.25, -0.2) is 0 Å². The number of rotatable bonds is 6. The van der Waals surface area contributed by atoms with Crippen LogP contribution in [0.3, 0.4) is 0 Å². The van der Waals surface area contributed by atoms with Crippen molar-refractivity contribution in [3.05, 3.63) is 34.9 Å². The van der Waals surface area contributed by atoms with E-state index in [1.807, 2.05) is 23.1 Å². The van der Waals surface area contributed by atoms with Gasteiger partial charge in [-0.05, 0) is 30.5 Å². The molecule has 24 heavy (non-hydrogen) atoms. The molecule has 2 heterocycles. The predicted molar refractivity (Wildman–Crippen MR) is 93.1 cm³/mol. The molecule has 132 valence electrons. The van der Waals surface area contributed by atoms with E-state index in [1.165, 1.54) is 5.56 Å². The molecule has 0 radical (unpaired) electrons. The van der Waals surface area contributed by atoms with Crippen LogP contribution in [-0.4, -0.2) is 67.8 Å². The van der Waals surface area contributed by atoms with Gasteiger partial charge in [0.2, 0.25) is 5.91 Å². The number of hydrogen-bond donors (Lipinski definition) is 0. The van der Waals surface area contributed by atoms with Crippen molar-refractivity contribution in [1.29, 1.82) is 0 Å². The van der Waals surface area contributed by atoms with Crippen LogP contribution in [0.5, 0.6) is 0 Å². The van der Waals surface area contributed by atoms with E-state index in [2.05, 4.69) is 11.0 Å². The average molecular weight is 353 g/mol. The second-order valence-electron chi connectivity index (χ2n) is 6.44. The van der Waals surface area contributed by atoms with Crippen molar-refractivity contribution in [3.63, 3.8) is 0 Å². The van der Waals surface area contributed by atoms with Gasteiger partial charge in [-0.2, -0.15) is 0 Å². The number of carbonyl (C=O) groups excluding carboxylic acids is 1. The molecule has 2 aliphatic heterocycles. The Morgan fingerprint density at radius 2 is 2.12 bits per heavy atom. The lowest BCUT2D eigenvalue weighted by atomic mass is 10.2. The topological polar surface area (TPSA) is 42.0 Å². The summed E-state index contributed by atoms with van der Waals surface area (Å²) in [6.07, 6.45) is 2.31. The van der Waals surface area contributed by atoms with E-state index in [4.69, 9.17) is 21.1 Å². The van der Waals surface area contributed by atoms with Crippen LogP contribution in [0.4, 0.5) is 0 Å². The van der Waals surface area contributed by atoms with Crippen molar-refractivity contribution >= 4 is 17.5 Å². The average Bonchev–Trinajstić information content (AvgIpc) is 3.09. The maximum absolute atomic E-state index is 12.2. The predicted octanol–water partition coefficient (Wildman–Crippen LogP) is 2.18. The van der Waals surface area contributed by atoms with Crippen molar-refractivity contribution in [1.82, 2.24) is 9.80 Å². The zero-order valence-electron chi connectivity index (χ0n) is 14.0. The molecule has 5 nitrogen and oxygen atoms in total. The number of halogens is 1. The number of benzene rings is 1. The van der Waals surface area contributed by atoms with Crippen LogP contribution in [0.15, 0.2) is 24.3 Å². The third kappa shape index (κ3) is 5.18. The fourth-order valence-corrected chi connectivity index (χ4v) is 3.41. The van der Waals surface area contributed by atoms with Crippen LogP contribution in [0.2, 0.25) is 5.02 Å². The van der Waals surface area contributed by atoms with Crippen molar-refractivity contribution in [2.24, 2.45) is 0 Å². The number of hydrogen-bond acceptors (Lipinski definition) is 4. The Morgan fingerprint density at radius 3 is 2.83 bits per heavy atom. The highest BCUT2D eigenvalue weighted by Crippen LogP contribution is 2.14. The molecule has 2 aliphatic rings. The molecule has 0 bridgehead atoms. The van der Waals surface area contributed by atoms with Crippen molar-refractivity contribution in [2.75, 3.05) is 46.0 Å². The van der Waals surface area contributed by atoms with Gasteiger partial charge in [0.1, 0.15) is 6.61 Å². The minimum Gasteiger partial charge on any atom is -0.376 e. The molecule has 0 aliphatic carbocycles. The molecule has 0 spiro atoms. The summed E-state index contributed by atoms with van der Waals surface area (Å²) < 4.78 is 11.0. The number of ether oxygens (including phenoxy) is 2. The minimum atomic E-state index is 0.0791. The first-order chi connectivity index (χ1) is 11.7. The quantitative estimate of drug-likeness (QED) is 0.787. The van der Waals surface area contributed by atoms with Crippen LogP contribution < -0.4 is 0 Å². The first-order valence-corrected chi connectivity index (χ1v) is 9.02. The van der Waals surface area contributed by atoms with Gasteiger partial charge in [-0.1, -0.05) is 23.7 Å². The molecular weight excluding hydrogens is 328 g/mol. The van der Waals surface area contributed by atoms with E-state index in [0.717, 1.165) is 57.2 Å². The van der Waals surface area contributed by atoms with E-state index < -0.39 is 0 Å². The molecule has 2 saturated heterocycles. The molecule has 0 N–H and O–H groups in total. The summed E-state index contributed by atoms with van der Waals surface area (Å²) in [5.74, 6) is 0.0791. The largest absolute Gasteiger partial charge is 0.376 e. The van der Waals surface area contributed by atoms with Gasteiger partial charge in [0.15, 0.2) is 0 Å². The summed E-state index contributed by atoms with van der Waals surface area (Å²) in [4.78, 5) is 16.4. The summed E-state index contributed by atoms with van der Waals surface area (Å²) in [5.41, 5.74) is 1.21. The van der Waals surface area contributed by atoms with E-state index in [-0.39, 0.29) is 18.6 Å². The summed E-state index contributed by atoms with van der Waals surface area (Å²) in [5, 5.41) is 0.768. The molecule has 1 amide bonds. The summed E-state index contributed by atoms with van der Waals surface area (Å²) >= 11 is 6.03. The van der Waals surface area contributed by atoms with Gasteiger partial charge in [-0.3, -0.25) is 9.69 Å². The highest BCUT2D eigenvalue weighted by atomic mass is 35.5. The maximum Gasteiger partial charge on any atom is 0.248 e. The second kappa shape index (κ2) is 8.81. The standard InChI is InChI=1S/C18H25ClN2O3/c19-16-4-1-3-15(11-16)12-20-6-8-21(9-7-20)18(22)14-23-13-17-5-2-10-24-17/h1,3-4,11,17H,2,5-10,12-14H2/t17-/m0/s1. The number of carbonyl (C=O) groups is 1. The van der Waals surface area contributed by atoms with Gasteiger partial charge in [-0.15, -0.1) is 0 Å². The van der Waals surface area contributed by atoms with Gasteiger partial charge >= 0.3 is 0 Å². The first-order valence-electron chi connectivity index (χ1n) is 8.64. The molecule has 0 aromatic heterocycles. The molecule has 1 aromatic rings. The fourth-order valence-electron chi connectivity index (χ4n) is 3.19. The van der Waals surface area contributed by atoms with Crippen LogP contribution in [0.1, 0.15) is 18.4 Å². The molecule has 3 rings (SSSR count). The molecule has 2 fully saturated rings. The Morgan fingerprint density at radius 1 is 1.29 bits per heavy atom. The Kier molecular flexibility index (Phi) is 6.49. The third-order valence-electron chi connectivity index (χ3n) is 4.57. The number of piperazine rings is 1. The minimum absolute atomic E-state index is 0.0791. The Hall–Kier alpha value is -1.14. The van der Waals surface area contributed by atoms with Gasteiger partial charge in [0.05, 0.1) is 12.7 Å². The number of amides is 1. The molecule has 0 unspecified atom stereocenters. The molecule has 1 atom stereocenters. The Bertz CT molecular complexity index is 541. The number of nitrogens with zero attached hydrogens (tertiary/aromatic N) is 2. The smallest absolute Gasteiger partial charge is 0.248 e. The zero-order valence-corrected chi connectivity index (χ0v) is 14.7. The molecule has 6 heteroatoms. The SMILES string of the molecule is O=C(COC[C@@H]1CCCO1)N1CCN(Cc2cccc(Cl)c2)CC1. The Labute approximate surface area is 148 Å². The van der Waals surface area contributed by atoms with Crippen LogP contribution >= 0.6 is 11.6 Å². The lowest BCUT2D eigenvalue weighted by Gasteiger charge is -2.34. The summed E-state index contributed by atoms with van der Waals surface area (Å²) in [7, 11) is 0. The summed E-state index contributed by atoms with van der Waals surface area (Å²) in [6, 6.07) is 7.95. The van der Waals surface area contributed by atoms with Crippen molar-refractivity contribution in [2.45, 2.75) is 25.5 Å². The van der Waals surface area contributed by atoms with Crippen molar-refractivity contribution < 1.29 is 14.3 Å². The van der Waals surface area contributed by atoms with Gasteiger partial charge in [0.25, 0.3) is 0 Å². The van der Waals surface area contributed by atoms with E-state index >= 15 is 0 Å². The van der Waals surface area contributed by atoms with Crippen LogP contribution in [0, 0.1) is 0 Å². The van der Waals surface area contributed by atoms with E-state index in [1.54, 1.807) is 0 Å². The van der Waals surface area contributed by atoms with E-state index in [9.17, 15) is 4.79 Å². The first kappa shape index (κ1) is 17.7. The zero-order chi connectivity index (χ0) is 16.8. The highest BCUT2D eigenvalue weighted by molar-refractivity contribution is 6.30. The molecule has 0 saturated carbocycles. The monoisotopic (exact) mass is 352 g/mol. The van der Waals surface area contributed by atoms with Crippen LogP contribution in [-0.2, 0) is 20.8 Å². The lowest BCUT2D eigenvalue weighted by molar-refractivity contribution is -0.139. The lowest BCUT2D eigenvalue weighted by Crippen LogP contribution is -2.49. The van der Waals surface area contributed by atoms with Crippen molar-refractivity contribution in [3.8, 4) is 0 Å². The fraction of sp³-hybridized carbons (Fsp3) is 0.611. The summed E-state index contributed by atoms with van der Waals surface area (Å²) in [6.45, 7) is 5.64. The highest BCUT2D eigenvalue weighted by Gasteiger charge is 2.22. The van der Waals surface area contributed by atoms with Gasteiger partial charge < -0.3 is 14.4 Å². The normalized spacial score (nSPS) is 22.0. The van der Waals surface area contributed by atoms with E-state index in [0.29, 0.717) is 6.61 Å². The maximum atomic E-state index is 12.2.